The quantitative estimate of drug-likeness (QED) is 0.142. The standard InChI is InChI=1S/C18H14.C17H12.4C14H12.13C2H6/c1-12-5-4-8-16-17(12)11-14-10-9-13-6-2-3-7-15(13)18(14)16;1-11-9-10-12-5-4-8-15-13-6-2-3-7-14(13)16(11)17(12)15;1-10-5-4-7-12-9-11-6-2-3-8-13(11)14(10)12;1-10-5-4-8-13-12-7-3-2-6-11(12)9-14(10)13;1-10-6-7-14-12(8-10)9-11-4-2-3-5-13(11)14;1-10-6-7-12-9-11-4-2-3-5-13(11)14(12)8-10;13*1-2/h2-10H,11H2,1H3;2-10H,1H3;4*2-8H,9H2,1H3;13*1-2H3. The maximum absolute atomic E-state index is 2.30. The minimum Gasteiger partial charge on any atom is -0.0683 e. The second-order valence-electron chi connectivity index (χ2n) is 25.7. The Morgan fingerprint density at radius 3 is 1.07 bits per heavy atom. The Kier molecular flexibility index (Phi) is 49.9. The zero-order chi connectivity index (χ0) is 87.7. The summed E-state index contributed by atoms with van der Waals surface area (Å²) in [7, 11) is 0. The molecule has 0 nitrogen and oxygen atoms in total. The highest BCUT2D eigenvalue weighted by atomic mass is 14.3. The van der Waals surface area contributed by atoms with Gasteiger partial charge in [0.2, 0.25) is 0 Å². The maximum atomic E-state index is 2.30. The molecule has 0 aliphatic heterocycles. The lowest BCUT2D eigenvalue weighted by Crippen LogP contribution is -1.84. The molecule has 0 heterocycles. The zero-order valence-electron chi connectivity index (χ0n) is 79.1. The van der Waals surface area contributed by atoms with Crippen molar-refractivity contribution in [1.82, 2.24) is 0 Å². The van der Waals surface area contributed by atoms with Crippen molar-refractivity contribution in [3.8, 4) is 77.9 Å². The summed E-state index contributed by atoms with van der Waals surface area (Å²) >= 11 is 0. The van der Waals surface area contributed by atoms with Crippen LogP contribution in [0.5, 0.6) is 0 Å². The number of hydrogen-bond donors (Lipinski definition) is 0. The van der Waals surface area contributed by atoms with Gasteiger partial charge in [0.05, 0.1) is 0 Å². The van der Waals surface area contributed by atoms with Crippen molar-refractivity contribution in [1.29, 1.82) is 0 Å². The van der Waals surface area contributed by atoms with Gasteiger partial charge in [-0.15, -0.1) is 0 Å². The molecule has 0 amide bonds. The second-order valence-corrected chi connectivity index (χ2v) is 25.7. The van der Waals surface area contributed by atoms with Crippen molar-refractivity contribution in [2.24, 2.45) is 0 Å². The van der Waals surface area contributed by atoms with Crippen molar-refractivity contribution >= 4 is 21.5 Å². The van der Waals surface area contributed by atoms with Crippen molar-refractivity contribution in [2.75, 3.05) is 0 Å². The highest BCUT2D eigenvalue weighted by Gasteiger charge is 2.25. The smallest absolute Gasteiger partial charge is 0.00106 e. The first-order valence-corrected chi connectivity index (χ1v) is 45.5. The van der Waals surface area contributed by atoms with Crippen molar-refractivity contribution in [3.05, 3.63) is 368 Å². The first-order chi connectivity index (χ1) is 57.6. The molecule has 117 heavy (non-hydrogen) atoms. The van der Waals surface area contributed by atoms with Gasteiger partial charge < -0.3 is 0 Å². The van der Waals surface area contributed by atoms with Crippen molar-refractivity contribution in [2.45, 2.75) is 254 Å². The van der Waals surface area contributed by atoms with Gasteiger partial charge in [0.1, 0.15) is 0 Å². The molecule has 6 aliphatic rings. The van der Waals surface area contributed by atoms with Crippen LogP contribution in [-0.4, -0.2) is 0 Å². The van der Waals surface area contributed by atoms with Crippen LogP contribution in [0.2, 0.25) is 0 Å². The van der Waals surface area contributed by atoms with Crippen LogP contribution < -0.4 is 0 Å². The van der Waals surface area contributed by atoms with Gasteiger partial charge in [-0.25, -0.2) is 0 Å². The number of hydrogen-bond acceptors (Lipinski definition) is 0. The third kappa shape index (κ3) is 25.3. The van der Waals surface area contributed by atoms with Gasteiger partial charge in [0, 0.05) is 0 Å². The fraction of sp³-hybridized carbons (Fsp3) is 0.316. The van der Waals surface area contributed by atoms with E-state index in [1.54, 1.807) is 0 Å². The number of rotatable bonds is 0. The summed E-state index contributed by atoms with van der Waals surface area (Å²) in [5.41, 5.74) is 43.0. The summed E-state index contributed by atoms with van der Waals surface area (Å²) in [5, 5.41) is 5.50. The van der Waals surface area contributed by atoms with E-state index in [1.165, 1.54) is 188 Å². The maximum Gasteiger partial charge on any atom is -0.00106 e. The van der Waals surface area contributed by atoms with Crippen LogP contribution in [-0.2, 0) is 32.1 Å². The molecule has 14 aromatic rings. The highest BCUT2D eigenvalue weighted by Crippen LogP contribution is 2.49. The fourth-order valence-corrected chi connectivity index (χ4v) is 15.3. The third-order valence-corrected chi connectivity index (χ3v) is 19.8. The Morgan fingerprint density at radius 1 is 0.162 bits per heavy atom. The van der Waals surface area contributed by atoms with Crippen molar-refractivity contribution in [3.63, 3.8) is 0 Å². The summed E-state index contributed by atoms with van der Waals surface area (Å²) in [6.07, 6.45) is 5.51. The van der Waals surface area contributed by atoms with Gasteiger partial charge in [0.15, 0.2) is 0 Å². The zero-order valence-corrected chi connectivity index (χ0v) is 79.1. The van der Waals surface area contributed by atoms with Gasteiger partial charge in [-0.05, 0) is 251 Å². The van der Waals surface area contributed by atoms with Gasteiger partial charge in [-0.3, -0.25) is 0 Å². The Hall–Kier alpha value is -10.4. The van der Waals surface area contributed by atoms with Crippen LogP contribution in [0.15, 0.2) is 279 Å². The molecule has 20 rings (SSSR count). The molecule has 0 radical (unpaired) electrons. The van der Waals surface area contributed by atoms with Gasteiger partial charge >= 0.3 is 0 Å². The van der Waals surface area contributed by atoms with Gasteiger partial charge in [-0.1, -0.05) is 470 Å². The minimum atomic E-state index is 1.09. The molecule has 0 saturated heterocycles. The van der Waals surface area contributed by atoms with Crippen LogP contribution in [0.25, 0.3) is 99.4 Å². The van der Waals surface area contributed by atoms with E-state index in [0.29, 0.717) is 0 Å². The van der Waals surface area contributed by atoms with Gasteiger partial charge in [-0.2, -0.15) is 0 Å². The molecule has 620 valence electrons. The summed E-state index contributed by atoms with van der Waals surface area (Å²) in [6.45, 7) is 65.1. The molecular formula is C117H152. The summed E-state index contributed by atoms with van der Waals surface area (Å²) in [6, 6.07) is 101. The highest BCUT2D eigenvalue weighted by molar-refractivity contribution is 6.16. The largest absolute Gasteiger partial charge is 0.0683 e. The second kappa shape index (κ2) is 56.8. The van der Waals surface area contributed by atoms with Crippen LogP contribution in [0.3, 0.4) is 0 Å². The lowest BCUT2D eigenvalue weighted by Gasteiger charge is -2.07. The summed E-state index contributed by atoms with van der Waals surface area (Å²) in [4.78, 5) is 0. The number of fused-ring (bicyclic) bond motifs is 20. The molecule has 0 saturated carbocycles. The Bertz CT molecular complexity index is 5150. The molecule has 14 aromatic carbocycles. The molecule has 0 N–H and O–H groups in total. The molecular weight excluding hydrogens is 1410 g/mol. The van der Waals surface area contributed by atoms with Crippen molar-refractivity contribution < 1.29 is 0 Å². The predicted molar refractivity (Wildman–Crippen MR) is 535 cm³/mol. The number of aryl methyl sites for hydroxylation is 6. The average Bonchev–Trinajstić information content (AvgIpc) is 1.59. The monoisotopic (exact) mass is 1560 g/mol. The number of benzene rings is 14. The predicted octanol–water partition coefficient (Wildman–Crippen LogP) is 37.1. The lowest BCUT2D eigenvalue weighted by atomic mass is 9.97. The molecule has 0 bridgehead atoms. The Labute approximate surface area is 716 Å². The molecule has 0 atom stereocenters. The molecule has 0 aromatic heterocycles. The topological polar surface area (TPSA) is 0 Å². The molecule has 0 unspecified atom stereocenters. The molecule has 6 aliphatic carbocycles. The molecule has 0 spiro atoms. The summed E-state index contributed by atoms with van der Waals surface area (Å²) in [5.74, 6) is 0. The normalized spacial score (nSPS) is 10.2. The van der Waals surface area contributed by atoms with E-state index in [0.717, 1.165) is 32.1 Å². The third-order valence-electron chi connectivity index (χ3n) is 19.8. The SMILES string of the molecule is CC.CC.CC.CC.CC.CC.CC.CC.CC.CC.CC.CC.CC.Cc1ccc2c(c1)-c1ccccc1C2.Cc1ccc2c(c1)Cc1ccccc1-2.Cc1ccc2cccc3c2c1-c1ccccc1-3.Cc1cccc2c1-c1ccccc1C2.Cc1cccc2c1Cc1ccc3ccccc3c1-2.Cc1cccc2c1Cc1ccccc1-2. The van der Waals surface area contributed by atoms with Crippen LogP contribution >= 0.6 is 0 Å². The Balaban J connectivity index is 0.000000451. The lowest BCUT2D eigenvalue weighted by molar-refractivity contribution is 1.22. The molecule has 0 fully saturated rings. The Morgan fingerprint density at radius 2 is 0.487 bits per heavy atom. The van der Waals surface area contributed by atoms with E-state index in [1.807, 2.05) is 180 Å². The van der Waals surface area contributed by atoms with Crippen LogP contribution in [0.1, 0.15) is 269 Å². The fourth-order valence-electron chi connectivity index (χ4n) is 15.3. The van der Waals surface area contributed by atoms with Gasteiger partial charge in [0.25, 0.3) is 0 Å². The van der Waals surface area contributed by atoms with E-state index in [9.17, 15) is 0 Å². The minimum absolute atomic E-state index is 1.09. The van der Waals surface area contributed by atoms with Crippen LogP contribution in [0.4, 0.5) is 0 Å². The first-order valence-electron chi connectivity index (χ1n) is 45.5. The van der Waals surface area contributed by atoms with E-state index in [4.69, 9.17) is 0 Å². The first kappa shape index (κ1) is 103. The molecule has 0 heteroatoms. The van der Waals surface area contributed by atoms with E-state index >= 15 is 0 Å². The van der Waals surface area contributed by atoms with Crippen LogP contribution in [0, 0.1) is 41.5 Å². The van der Waals surface area contributed by atoms with E-state index in [-0.39, 0.29) is 0 Å². The van der Waals surface area contributed by atoms with E-state index < -0.39 is 0 Å². The average molecular weight is 1560 g/mol. The summed E-state index contributed by atoms with van der Waals surface area (Å²) < 4.78 is 0. The van der Waals surface area contributed by atoms with E-state index in [2.05, 4.69) is 321 Å².